The van der Waals surface area contributed by atoms with Gasteiger partial charge >= 0.3 is 11.8 Å². The maximum atomic E-state index is 11.9. The molecule has 0 aliphatic rings. The number of ether oxygens (including phenoxy) is 2. The van der Waals surface area contributed by atoms with E-state index in [4.69, 9.17) is 9.47 Å². The van der Waals surface area contributed by atoms with Crippen molar-refractivity contribution < 1.29 is 19.1 Å². The van der Waals surface area contributed by atoms with Gasteiger partial charge in [0.15, 0.2) is 0 Å². The highest BCUT2D eigenvalue weighted by molar-refractivity contribution is 6.39. The summed E-state index contributed by atoms with van der Waals surface area (Å²) in [5, 5.41) is 5.17. The van der Waals surface area contributed by atoms with E-state index in [-0.39, 0.29) is 6.10 Å². The van der Waals surface area contributed by atoms with E-state index in [0.29, 0.717) is 24.4 Å². The third-order valence-electron chi connectivity index (χ3n) is 3.52. The molecule has 2 aromatic carbocycles. The van der Waals surface area contributed by atoms with Crippen molar-refractivity contribution >= 4 is 17.5 Å². The van der Waals surface area contributed by atoms with Gasteiger partial charge in [-0.25, -0.2) is 0 Å². The number of carbonyl (C=O) groups is 2. The van der Waals surface area contributed by atoms with Crippen LogP contribution in [0.5, 0.6) is 11.5 Å². The molecule has 0 aliphatic carbocycles. The average Bonchev–Trinajstić information content (AvgIpc) is 2.63. The Kier molecular flexibility index (Phi) is 7.02. The van der Waals surface area contributed by atoms with E-state index >= 15 is 0 Å². The average molecular weight is 356 g/mol. The van der Waals surface area contributed by atoms with Crippen LogP contribution in [0.2, 0.25) is 0 Å². The molecule has 0 aliphatic heterocycles. The molecule has 26 heavy (non-hydrogen) atoms. The summed E-state index contributed by atoms with van der Waals surface area (Å²) in [5.41, 5.74) is 1.56. The molecule has 0 bridgehead atoms. The molecule has 0 heterocycles. The Morgan fingerprint density at radius 1 is 1.00 bits per heavy atom. The van der Waals surface area contributed by atoms with Crippen molar-refractivity contribution in [2.24, 2.45) is 0 Å². The highest BCUT2D eigenvalue weighted by Gasteiger charge is 2.13. The summed E-state index contributed by atoms with van der Waals surface area (Å²) < 4.78 is 10.7. The first-order valence-corrected chi connectivity index (χ1v) is 8.46. The summed E-state index contributed by atoms with van der Waals surface area (Å²) in [6, 6.07) is 14.5. The van der Waals surface area contributed by atoms with Crippen LogP contribution in [-0.4, -0.2) is 31.6 Å². The number of anilines is 1. The van der Waals surface area contributed by atoms with E-state index in [9.17, 15) is 9.59 Å². The molecule has 0 spiro atoms. The summed E-state index contributed by atoms with van der Waals surface area (Å²) in [5.74, 6) is 0.0979. The number of nitrogens with one attached hydrogen (secondary N) is 2. The molecule has 0 radical (unpaired) electrons. The van der Waals surface area contributed by atoms with Crippen molar-refractivity contribution in [1.82, 2.24) is 5.32 Å². The minimum Gasteiger partial charge on any atom is -0.497 e. The number of benzene rings is 2. The number of rotatable bonds is 7. The maximum Gasteiger partial charge on any atom is 0.313 e. The van der Waals surface area contributed by atoms with E-state index in [1.807, 2.05) is 38.1 Å². The van der Waals surface area contributed by atoms with Crippen molar-refractivity contribution in [2.75, 3.05) is 19.0 Å². The molecule has 138 valence electrons. The smallest absolute Gasteiger partial charge is 0.313 e. The molecule has 0 saturated heterocycles. The Bertz CT molecular complexity index is 742. The summed E-state index contributed by atoms with van der Waals surface area (Å²) in [6.45, 7) is 4.23. The largest absolute Gasteiger partial charge is 0.497 e. The van der Waals surface area contributed by atoms with Gasteiger partial charge in [-0.05, 0) is 62.2 Å². The topological polar surface area (TPSA) is 76.7 Å². The van der Waals surface area contributed by atoms with Gasteiger partial charge in [0.1, 0.15) is 11.5 Å². The Morgan fingerprint density at radius 3 is 2.38 bits per heavy atom. The second kappa shape index (κ2) is 9.46. The fourth-order valence-corrected chi connectivity index (χ4v) is 2.31. The van der Waals surface area contributed by atoms with E-state index in [2.05, 4.69) is 10.6 Å². The summed E-state index contributed by atoms with van der Waals surface area (Å²) in [6.07, 6.45) is 0.683. The lowest BCUT2D eigenvalue weighted by molar-refractivity contribution is -0.136. The molecule has 2 aromatic rings. The van der Waals surface area contributed by atoms with Crippen LogP contribution in [-0.2, 0) is 16.0 Å². The molecule has 6 nitrogen and oxygen atoms in total. The fraction of sp³-hybridized carbons (Fsp3) is 0.300. The SMILES string of the molecule is COc1cccc(CCNC(=O)C(=O)Nc2ccc(OC(C)C)cc2)c1. The van der Waals surface area contributed by atoms with Crippen molar-refractivity contribution in [3.8, 4) is 11.5 Å². The van der Waals surface area contributed by atoms with Crippen LogP contribution in [0.3, 0.4) is 0 Å². The zero-order valence-electron chi connectivity index (χ0n) is 15.2. The molecule has 0 aromatic heterocycles. The van der Waals surface area contributed by atoms with Crippen LogP contribution in [0.4, 0.5) is 5.69 Å². The number of hydrogen-bond acceptors (Lipinski definition) is 4. The third kappa shape index (κ3) is 6.12. The summed E-state index contributed by atoms with van der Waals surface area (Å²) in [4.78, 5) is 23.8. The van der Waals surface area contributed by atoms with Crippen LogP contribution >= 0.6 is 0 Å². The molecule has 0 atom stereocenters. The van der Waals surface area contributed by atoms with Gasteiger partial charge in [-0.2, -0.15) is 0 Å². The number of carbonyl (C=O) groups excluding carboxylic acids is 2. The highest BCUT2D eigenvalue weighted by Crippen LogP contribution is 2.17. The van der Waals surface area contributed by atoms with Crippen LogP contribution in [0.1, 0.15) is 19.4 Å². The van der Waals surface area contributed by atoms with Gasteiger partial charge in [0.25, 0.3) is 0 Å². The summed E-state index contributed by atoms with van der Waals surface area (Å²) >= 11 is 0. The zero-order chi connectivity index (χ0) is 18.9. The van der Waals surface area contributed by atoms with Gasteiger partial charge in [0.2, 0.25) is 0 Å². The molecule has 0 saturated carbocycles. The Morgan fingerprint density at radius 2 is 1.73 bits per heavy atom. The first kappa shape index (κ1) is 19.3. The van der Waals surface area contributed by atoms with Crippen molar-refractivity contribution in [3.05, 3.63) is 54.1 Å². The molecule has 6 heteroatoms. The lowest BCUT2D eigenvalue weighted by atomic mass is 10.1. The molecule has 0 fully saturated rings. The molecular formula is C20H24N2O4. The number of methoxy groups -OCH3 is 1. The Hall–Kier alpha value is -3.02. The Balaban J connectivity index is 1.79. The van der Waals surface area contributed by atoms with E-state index in [1.54, 1.807) is 31.4 Å². The molecule has 2 amide bonds. The lowest BCUT2D eigenvalue weighted by Gasteiger charge is -2.11. The van der Waals surface area contributed by atoms with Crippen molar-refractivity contribution in [2.45, 2.75) is 26.4 Å². The predicted octanol–water partition coefficient (Wildman–Crippen LogP) is 2.78. The second-order valence-corrected chi connectivity index (χ2v) is 6.00. The third-order valence-corrected chi connectivity index (χ3v) is 3.52. The first-order valence-electron chi connectivity index (χ1n) is 8.46. The maximum absolute atomic E-state index is 11.9. The molecule has 2 N–H and O–H groups in total. The zero-order valence-corrected chi connectivity index (χ0v) is 15.2. The predicted molar refractivity (Wildman–Crippen MR) is 101 cm³/mol. The van der Waals surface area contributed by atoms with Gasteiger partial charge in [0.05, 0.1) is 13.2 Å². The van der Waals surface area contributed by atoms with E-state index < -0.39 is 11.8 Å². The fourth-order valence-electron chi connectivity index (χ4n) is 2.31. The van der Waals surface area contributed by atoms with Gasteiger partial charge in [-0.1, -0.05) is 12.1 Å². The molecule has 0 unspecified atom stereocenters. The van der Waals surface area contributed by atoms with Crippen LogP contribution in [0, 0.1) is 0 Å². The van der Waals surface area contributed by atoms with Crippen LogP contribution < -0.4 is 20.1 Å². The van der Waals surface area contributed by atoms with E-state index in [0.717, 1.165) is 11.3 Å². The van der Waals surface area contributed by atoms with Gasteiger partial charge in [-0.15, -0.1) is 0 Å². The first-order chi connectivity index (χ1) is 12.5. The normalized spacial score (nSPS) is 10.3. The van der Waals surface area contributed by atoms with Crippen molar-refractivity contribution in [1.29, 1.82) is 0 Å². The standard InChI is InChI=1S/C20H24N2O4/c1-14(2)26-17-9-7-16(8-10-17)22-20(24)19(23)21-12-11-15-5-4-6-18(13-15)25-3/h4-10,13-14H,11-12H2,1-3H3,(H,21,23)(H,22,24). The number of hydrogen-bond donors (Lipinski definition) is 2. The van der Waals surface area contributed by atoms with Gasteiger partial charge in [-0.3, -0.25) is 9.59 Å². The van der Waals surface area contributed by atoms with Crippen LogP contribution in [0.25, 0.3) is 0 Å². The van der Waals surface area contributed by atoms with E-state index in [1.165, 1.54) is 0 Å². The minimum atomic E-state index is -0.701. The lowest BCUT2D eigenvalue weighted by Crippen LogP contribution is -2.36. The molecule has 2 rings (SSSR count). The van der Waals surface area contributed by atoms with Crippen molar-refractivity contribution in [3.63, 3.8) is 0 Å². The van der Waals surface area contributed by atoms with Gasteiger partial charge in [0, 0.05) is 12.2 Å². The quantitative estimate of drug-likeness (QED) is 0.748. The Labute approximate surface area is 153 Å². The monoisotopic (exact) mass is 356 g/mol. The number of amides is 2. The minimum absolute atomic E-state index is 0.0748. The highest BCUT2D eigenvalue weighted by atomic mass is 16.5. The summed E-state index contributed by atoms with van der Waals surface area (Å²) in [7, 11) is 1.60. The van der Waals surface area contributed by atoms with Gasteiger partial charge < -0.3 is 20.1 Å². The molecular weight excluding hydrogens is 332 g/mol. The van der Waals surface area contributed by atoms with Crippen LogP contribution in [0.15, 0.2) is 48.5 Å². The second-order valence-electron chi connectivity index (χ2n) is 6.00.